The van der Waals surface area contributed by atoms with Crippen LogP contribution in [0.1, 0.15) is 17.5 Å². The first-order valence-corrected chi connectivity index (χ1v) is 5.37. The van der Waals surface area contributed by atoms with Crippen LogP contribution in [0, 0.1) is 0 Å². The zero-order valence-electron chi connectivity index (χ0n) is 8.78. The maximum Gasteiger partial charge on any atom is 0.216 e. The first-order valence-electron chi connectivity index (χ1n) is 5.37. The van der Waals surface area contributed by atoms with Crippen LogP contribution in [-0.4, -0.2) is 25.6 Å². The van der Waals surface area contributed by atoms with Gasteiger partial charge >= 0.3 is 0 Å². The molecule has 0 unspecified atom stereocenters. The van der Waals surface area contributed by atoms with E-state index >= 15 is 0 Å². The molecule has 1 heterocycles. The molecule has 15 heavy (non-hydrogen) atoms. The van der Waals surface area contributed by atoms with Crippen LogP contribution in [0.4, 0.5) is 0 Å². The van der Waals surface area contributed by atoms with Gasteiger partial charge in [-0.15, -0.1) is 0 Å². The molecule has 0 spiro atoms. The maximum absolute atomic E-state index is 5.52. The molecular formula is C12H16N2O. The minimum absolute atomic E-state index is 0.709. The van der Waals surface area contributed by atoms with Gasteiger partial charge < -0.3 is 10.5 Å². The molecule has 3 nitrogen and oxygen atoms in total. The molecule has 0 aliphatic carbocycles. The van der Waals surface area contributed by atoms with E-state index in [1.165, 1.54) is 5.56 Å². The lowest BCUT2D eigenvalue weighted by Crippen LogP contribution is -2.07. The molecule has 2 N–H and O–H groups in total. The summed E-state index contributed by atoms with van der Waals surface area (Å²) in [5, 5.41) is 0. The molecule has 0 saturated carbocycles. The summed E-state index contributed by atoms with van der Waals surface area (Å²) in [5.41, 5.74) is 7.93. The highest BCUT2D eigenvalue weighted by Gasteiger charge is 2.13. The molecule has 1 aromatic rings. The lowest BCUT2D eigenvalue weighted by atomic mass is 10.0. The predicted octanol–water partition coefficient (Wildman–Crippen LogP) is 1.35. The summed E-state index contributed by atoms with van der Waals surface area (Å²) in [6.45, 7) is 2.21. The highest BCUT2D eigenvalue weighted by molar-refractivity contribution is 5.96. The Hall–Kier alpha value is -1.35. The molecule has 3 heteroatoms. The van der Waals surface area contributed by atoms with Gasteiger partial charge in [0.1, 0.15) is 6.61 Å². The van der Waals surface area contributed by atoms with E-state index in [1.807, 2.05) is 12.1 Å². The third kappa shape index (κ3) is 2.36. The maximum atomic E-state index is 5.52. The molecule has 80 valence electrons. The Bertz CT molecular complexity index is 360. The molecule has 1 aromatic carbocycles. The van der Waals surface area contributed by atoms with Crippen molar-refractivity contribution in [2.24, 2.45) is 10.7 Å². The first-order chi connectivity index (χ1) is 7.42. The van der Waals surface area contributed by atoms with Crippen LogP contribution in [0.25, 0.3) is 0 Å². The van der Waals surface area contributed by atoms with E-state index in [-0.39, 0.29) is 0 Å². The van der Waals surface area contributed by atoms with Crippen LogP contribution >= 0.6 is 0 Å². The Kier molecular flexibility index (Phi) is 3.35. The Balaban J connectivity index is 2.21. The average Bonchev–Trinajstić information content (AvgIpc) is 2.80. The van der Waals surface area contributed by atoms with E-state index in [2.05, 4.69) is 17.1 Å². The molecule has 1 aliphatic heterocycles. The number of rotatable bonds is 4. The number of aryl methyl sites for hydroxylation is 1. The quantitative estimate of drug-likeness (QED) is 0.804. The van der Waals surface area contributed by atoms with Crippen molar-refractivity contribution < 1.29 is 4.74 Å². The number of aliphatic imine (C=N–C) groups is 1. The molecule has 0 radical (unpaired) electrons. The number of nitrogens with zero attached hydrogens (tertiary/aromatic N) is 1. The molecule has 2 rings (SSSR count). The summed E-state index contributed by atoms with van der Waals surface area (Å²) in [6, 6.07) is 8.25. The van der Waals surface area contributed by atoms with E-state index < -0.39 is 0 Å². The van der Waals surface area contributed by atoms with Crippen molar-refractivity contribution in [1.82, 2.24) is 0 Å². The van der Waals surface area contributed by atoms with Gasteiger partial charge in [-0.2, -0.15) is 0 Å². The Morgan fingerprint density at radius 2 is 2.20 bits per heavy atom. The zero-order chi connectivity index (χ0) is 10.5. The number of benzene rings is 1. The van der Waals surface area contributed by atoms with Crippen LogP contribution in [0.3, 0.4) is 0 Å². The molecule has 0 bridgehead atoms. The number of nitrogens with two attached hydrogens (primary N) is 1. The second-order valence-electron chi connectivity index (χ2n) is 3.58. The van der Waals surface area contributed by atoms with Gasteiger partial charge in [0.05, 0.1) is 6.54 Å². The Labute approximate surface area is 90.0 Å². The van der Waals surface area contributed by atoms with E-state index in [0.717, 1.165) is 37.4 Å². The van der Waals surface area contributed by atoms with Crippen molar-refractivity contribution in [3.05, 3.63) is 35.4 Å². The number of hydrogen-bond donors (Lipinski definition) is 1. The van der Waals surface area contributed by atoms with Crippen molar-refractivity contribution >= 4 is 5.90 Å². The van der Waals surface area contributed by atoms with Crippen molar-refractivity contribution in [3.63, 3.8) is 0 Å². The minimum Gasteiger partial charge on any atom is -0.476 e. The number of hydrogen-bond acceptors (Lipinski definition) is 3. The minimum atomic E-state index is 0.709. The van der Waals surface area contributed by atoms with Gasteiger partial charge in [-0.1, -0.05) is 18.2 Å². The van der Waals surface area contributed by atoms with Crippen molar-refractivity contribution in [3.8, 4) is 0 Å². The van der Waals surface area contributed by atoms with Crippen LogP contribution < -0.4 is 5.73 Å². The first kappa shape index (κ1) is 10.2. The summed E-state index contributed by atoms with van der Waals surface area (Å²) < 4.78 is 5.48. The third-order valence-electron chi connectivity index (χ3n) is 2.48. The summed E-state index contributed by atoms with van der Waals surface area (Å²) in [7, 11) is 0. The second-order valence-corrected chi connectivity index (χ2v) is 3.58. The highest BCUT2D eigenvalue weighted by atomic mass is 16.5. The summed E-state index contributed by atoms with van der Waals surface area (Å²) >= 11 is 0. The van der Waals surface area contributed by atoms with Crippen LogP contribution in [0.2, 0.25) is 0 Å². The fraction of sp³-hybridized carbons (Fsp3) is 0.417. The third-order valence-corrected chi connectivity index (χ3v) is 2.48. The molecule has 0 fully saturated rings. The molecule has 0 saturated heterocycles. The van der Waals surface area contributed by atoms with Crippen LogP contribution in [0.5, 0.6) is 0 Å². The topological polar surface area (TPSA) is 47.6 Å². The average molecular weight is 204 g/mol. The standard InChI is InChI=1S/C12H16N2O/c13-7-3-5-10-4-1-2-6-11(10)12-14-8-9-15-12/h1-2,4,6H,3,5,7-9,13H2. The van der Waals surface area contributed by atoms with Crippen molar-refractivity contribution in [2.75, 3.05) is 19.7 Å². The lowest BCUT2D eigenvalue weighted by Gasteiger charge is -2.08. The zero-order valence-corrected chi connectivity index (χ0v) is 8.78. The van der Waals surface area contributed by atoms with Gasteiger partial charge in [-0.3, -0.25) is 0 Å². The molecule has 0 atom stereocenters. The Morgan fingerprint density at radius 3 is 2.93 bits per heavy atom. The summed E-state index contributed by atoms with van der Waals surface area (Å²) in [5.74, 6) is 0.794. The molecule has 0 amide bonds. The molecule has 1 aliphatic rings. The molecular weight excluding hydrogens is 188 g/mol. The van der Waals surface area contributed by atoms with Gasteiger partial charge in [0.25, 0.3) is 0 Å². The van der Waals surface area contributed by atoms with Crippen molar-refractivity contribution in [2.45, 2.75) is 12.8 Å². The largest absolute Gasteiger partial charge is 0.476 e. The predicted molar refractivity (Wildman–Crippen MR) is 61.2 cm³/mol. The summed E-state index contributed by atoms with van der Waals surface area (Å²) in [4.78, 5) is 4.34. The monoisotopic (exact) mass is 204 g/mol. The fourth-order valence-corrected chi connectivity index (χ4v) is 1.74. The van der Waals surface area contributed by atoms with Gasteiger partial charge in [0, 0.05) is 5.56 Å². The van der Waals surface area contributed by atoms with Gasteiger partial charge in [-0.25, -0.2) is 4.99 Å². The fourth-order valence-electron chi connectivity index (χ4n) is 1.74. The number of ether oxygens (including phenoxy) is 1. The van der Waals surface area contributed by atoms with E-state index in [9.17, 15) is 0 Å². The highest BCUT2D eigenvalue weighted by Crippen LogP contribution is 2.15. The van der Waals surface area contributed by atoms with Crippen LogP contribution in [0.15, 0.2) is 29.3 Å². The normalized spacial score (nSPS) is 14.9. The SMILES string of the molecule is NCCCc1ccccc1C1=NCCO1. The summed E-state index contributed by atoms with van der Waals surface area (Å²) in [6.07, 6.45) is 2.00. The second kappa shape index (κ2) is 4.94. The molecule has 0 aromatic heterocycles. The lowest BCUT2D eigenvalue weighted by molar-refractivity contribution is 0.348. The van der Waals surface area contributed by atoms with E-state index in [1.54, 1.807) is 0 Å². The smallest absolute Gasteiger partial charge is 0.216 e. The van der Waals surface area contributed by atoms with E-state index in [4.69, 9.17) is 10.5 Å². The van der Waals surface area contributed by atoms with Crippen molar-refractivity contribution in [1.29, 1.82) is 0 Å². The Morgan fingerprint density at radius 1 is 1.33 bits per heavy atom. The van der Waals surface area contributed by atoms with Gasteiger partial charge in [0.2, 0.25) is 5.90 Å². The van der Waals surface area contributed by atoms with Gasteiger partial charge in [0.15, 0.2) is 0 Å². The van der Waals surface area contributed by atoms with E-state index in [0.29, 0.717) is 6.61 Å². The van der Waals surface area contributed by atoms with Crippen LogP contribution in [-0.2, 0) is 11.2 Å². The van der Waals surface area contributed by atoms with Gasteiger partial charge in [-0.05, 0) is 31.0 Å².